The van der Waals surface area contributed by atoms with Crippen molar-refractivity contribution in [2.24, 2.45) is 0 Å². The molecule has 6 rings (SSSR count). The lowest BCUT2D eigenvalue weighted by Gasteiger charge is -2.17. The molecule has 6 aromatic carbocycles. The van der Waals surface area contributed by atoms with Crippen LogP contribution in [0.1, 0.15) is 11.1 Å². The summed E-state index contributed by atoms with van der Waals surface area (Å²) in [6.07, 6.45) is 5.45. The quantitative estimate of drug-likeness (QED) is 0.0597. The fourth-order valence-corrected chi connectivity index (χ4v) is 5.85. The number of terminal acetylenes is 1. The average Bonchev–Trinajstić information content (AvgIpc) is 3.19. The van der Waals surface area contributed by atoms with E-state index in [-0.39, 0.29) is 22.8 Å². The number of aryl methyl sites for hydroxylation is 1. The van der Waals surface area contributed by atoms with Crippen LogP contribution in [0.25, 0.3) is 11.1 Å². The lowest BCUT2D eigenvalue weighted by atomic mass is 10.0. The molecular weight excluding hydrogens is 792 g/mol. The van der Waals surface area contributed by atoms with E-state index in [1.54, 1.807) is 37.3 Å². The second kappa shape index (κ2) is 15.8. The predicted molar refractivity (Wildman–Crippen MR) is 187 cm³/mol. The summed E-state index contributed by atoms with van der Waals surface area (Å²) in [5.41, 5.74) is -3.55. The van der Waals surface area contributed by atoms with E-state index < -0.39 is 95.7 Å². The van der Waals surface area contributed by atoms with Crippen molar-refractivity contribution < 1.29 is 71.8 Å². The van der Waals surface area contributed by atoms with Gasteiger partial charge in [0.2, 0.25) is 34.8 Å². The number of halogens is 8. The first-order chi connectivity index (χ1) is 27.0. The Morgan fingerprint density at radius 3 is 1.42 bits per heavy atom. The second-order valence-corrected chi connectivity index (χ2v) is 13.1. The van der Waals surface area contributed by atoms with E-state index >= 15 is 35.1 Å². The molecule has 0 unspecified atom stereocenters. The zero-order valence-electron chi connectivity index (χ0n) is 28.9. The summed E-state index contributed by atoms with van der Waals surface area (Å²) in [5.74, 6) is -22.1. The monoisotopic (exact) mass is 814 g/mol. The minimum atomic E-state index is -5.34. The molecule has 6 aromatic rings. The number of ether oxygens (including phenoxy) is 5. The number of benzene rings is 6. The molecule has 0 amide bonds. The van der Waals surface area contributed by atoms with Gasteiger partial charge in [-0.2, -0.15) is 26.0 Å². The Morgan fingerprint density at radius 1 is 0.526 bits per heavy atom. The van der Waals surface area contributed by atoms with E-state index in [2.05, 4.69) is 5.92 Å². The van der Waals surface area contributed by atoms with Gasteiger partial charge in [-0.25, -0.2) is 17.6 Å². The fraction of sp³-hybridized carbons (Fsp3) is 0.0500. The molecule has 0 atom stereocenters. The van der Waals surface area contributed by atoms with E-state index in [1.165, 1.54) is 31.4 Å². The SMILES string of the molecule is C#Cc1ccc(C)cc1Oc1ccc(Oc2c(F)c(F)c(-c3c(F)c(F)c(Oc4ccc(Oc5ccc(OC)cc5)cc4)c(F)c3F)c(F)c2F)c(S(=O)(=O)O)c1. The first-order valence-electron chi connectivity index (χ1n) is 15.9. The lowest BCUT2D eigenvalue weighted by Crippen LogP contribution is -2.10. The van der Waals surface area contributed by atoms with Gasteiger partial charge < -0.3 is 23.7 Å². The highest BCUT2D eigenvalue weighted by atomic mass is 32.2. The number of rotatable bonds is 11. The third kappa shape index (κ3) is 7.99. The Kier molecular flexibility index (Phi) is 11.0. The average molecular weight is 815 g/mol. The summed E-state index contributed by atoms with van der Waals surface area (Å²) in [7, 11) is -3.87. The zero-order valence-corrected chi connectivity index (χ0v) is 29.7. The van der Waals surface area contributed by atoms with Crippen LogP contribution in [0, 0.1) is 65.8 Å². The first-order valence-corrected chi connectivity index (χ1v) is 17.3. The molecule has 0 aliphatic heterocycles. The van der Waals surface area contributed by atoms with Crippen molar-refractivity contribution in [1.29, 1.82) is 0 Å². The highest BCUT2D eigenvalue weighted by Gasteiger charge is 2.36. The van der Waals surface area contributed by atoms with Crippen LogP contribution in [0.15, 0.2) is 89.8 Å². The molecule has 0 spiro atoms. The maximum Gasteiger partial charge on any atom is 0.298 e. The van der Waals surface area contributed by atoms with Gasteiger partial charge in [0.05, 0.1) is 23.8 Å². The fourth-order valence-electron chi connectivity index (χ4n) is 5.22. The maximum atomic E-state index is 15.4. The van der Waals surface area contributed by atoms with Crippen LogP contribution < -0.4 is 23.7 Å². The van der Waals surface area contributed by atoms with Crippen molar-refractivity contribution in [2.45, 2.75) is 11.8 Å². The summed E-state index contributed by atoms with van der Waals surface area (Å²) in [6, 6.07) is 18.0. The third-order valence-electron chi connectivity index (χ3n) is 7.96. The maximum absolute atomic E-state index is 15.4. The summed E-state index contributed by atoms with van der Waals surface area (Å²) in [5, 5.41) is 0. The Morgan fingerprint density at radius 2 is 0.965 bits per heavy atom. The first kappa shape index (κ1) is 39.9. The van der Waals surface area contributed by atoms with Gasteiger partial charge in [0.15, 0.2) is 23.3 Å². The van der Waals surface area contributed by atoms with Crippen LogP contribution in [-0.2, 0) is 10.1 Å². The summed E-state index contributed by atoms with van der Waals surface area (Å²) >= 11 is 0. The van der Waals surface area contributed by atoms with Crippen LogP contribution in [0.4, 0.5) is 35.1 Å². The summed E-state index contributed by atoms with van der Waals surface area (Å²) in [6.45, 7) is 1.68. The molecule has 57 heavy (non-hydrogen) atoms. The van der Waals surface area contributed by atoms with E-state index in [0.717, 1.165) is 18.2 Å². The Hall–Kier alpha value is -6.77. The summed E-state index contributed by atoms with van der Waals surface area (Å²) in [4.78, 5) is -1.23. The van der Waals surface area contributed by atoms with Gasteiger partial charge in [0.25, 0.3) is 10.1 Å². The molecule has 8 nitrogen and oxygen atoms in total. The molecule has 0 radical (unpaired) electrons. The van der Waals surface area contributed by atoms with Crippen LogP contribution >= 0.6 is 0 Å². The molecule has 292 valence electrons. The molecule has 17 heteroatoms. The van der Waals surface area contributed by atoms with Crippen molar-refractivity contribution in [1.82, 2.24) is 0 Å². The van der Waals surface area contributed by atoms with Gasteiger partial charge in [0.1, 0.15) is 45.1 Å². The highest BCUT2D eigenvalue weighted by Crippen LogP contribution is 2.44. The number of methoxy groups -OCH3 is 1. The van der Waals surface area contributed by atoms with Crippen molar-refractivity contribution in [3.8, 4) is 75.2 Å². The molecule has 0 bridgehead atoms. The van der Waals surface area contributed by atoms with Crippen molar-refractivity contribution >= 4 is 10.1 Å². The van der Waals surface area contributed by atoms with Gasteiger partial charge in [-0.3, -0.25) is 4.55 Å². The molecule has 0 heterocycles. The van der Waals surface area contributed by atoms with E-state index in [4.69, 9.17) is 30.1 Å². The van der Waals surface area contributed by atoms with Crippen molar-refractivity contribution in [3.05, 3.63) is 143 Å². The topological polar surface area (TPSA) is 101 Å². The highest BCUT2D eigenvalue weighted by molar-refractivity contribution is 7.86. The smallest absolute Gasteiger partial charge is 0.298 e. The molecular formula is C40H22F8O8S. The Bertz CT molecular complexity index is 2640. The normalized spacial score (nSPS) is 11.2. The molecule has 0 aliphatic carbocycles. The predicted octanol–water partition coefficient (Wildman–Crippen LogP) is 11.2. The van der Waals surface area contributed by atoms with Crippen LogP contribution in [0.3, 0.4) is 0 Å². The van der Waals surface area contributed by atoms with Crippen LogP contribution in [-0.4, -0.2) is 20.1 Å². The molecule has 0 aromatic heterocycles. The third-order valence-corrected chi connectivity index (χ3v) is 8.84. The van der Waals surface area contributed by atoms with E-state index in [9.17, 15) is 13.0 Å². The van der Waals surface area contributed by atoms with Crippen LogP contribution in [0.5, 0.6) is 51.7 Å². The van der Waals surface area contributed by atoms with Gasteiger partial charge in [0, 0.05) is 6.07 Å². The van der Waals surface area contributed by atoms with E-state index in [0.29, 0.717) is 29.2 Å². The van der Waals surface area contributed by atoms with Crippen molar-refractivity contribution in [2.75, 3.05) is 7.11 Å². The standard InChI is InChI=1S/C40H22F8O8S/c1-4-20-6-5-19(2)17-27(20)54-25-15-16-26(28(18-25)57(49,50)51)56-40-37(47)33(43)30(34(44)38(40)48)29-31(41)35(45)39(36(46)32(29)42)55-24-13-11-23(12-14-24)53-22-9-7-21(52-3)8-10-22/h1,5-18H,2-3H3,(H,49,50,51). The number of hydrogen-bond donors (Lipinski definition) is 1. The zero-order chi connectivity index (χ0) is 41.3. The van der Waals surface area contributed by atoms with E-state index in [1.807, 2.05) is 0 Å². The Labute approximate surface area is 318 Å². The minimum Gasteiger partial charge on any atom is -0.497 e. The summed E-state index contributed by atoms with van der Waals surface area (Å²) < 4.78 is 183. The molecule has 1 N–H and O–H groups in total. The van der Waals surface area contributed by atoms with Crippen molar-refractivity contribution in [3.63, 3.8) is 0 Å². The molecule has 0 saturated heterocycles. The Balaban J connectivity index is 1.32. The van der Waals surface area contributed by atoms with Gasteiger partial charge in [-0.1, -0.05) is 12.0 Å². The number of hydrogen-bond acceptors (Lipinski definition) is 7. The van der Waals surface area contributed by atoms with Gasteiger partial charge in [-0.05, 0) is 85.3 Å². The minimum absolute atomic E-state index is 0.0571. The molecule has 0 fully saturated rings. The second-order valence-electron chi connectivity index (χ2n) is 11.7. The lowest BCUT2D eigenvalue weighted by molar-refractivity contribution is 0.356. The van der Waals surface area contributed by atoms with Gasteiger partial charge >= 0.3 is 0 Å². The molecule has 0 saturated carbocycles. The molecule has 0 aliphatic rings. The van der Waals surface area contributed by atoms with Crippen LogP contribution in [0.2, 0.25) is 0 Å². The van der Waals surface area contributed by atoms with Gasteiger partial charge in [-0.15, -0.1) is 6.42 Å². The largest absolute Gasteiger partial charge is 0.497 e.